The third-order valence-corrected chi connectivity index (χ3v) is 1.98. The molecule has 1 aromatic rings. The largest absolute Gasteiger partial charge is 0.385 e. The lowest BCUT2D eigenvalue weighted by atomic mass is 10.1. The molecule has 0 aliphatic rings. The molecule has 1 rings (SSSR count). The van der Waals surface area contributed by atoms with Gasteiger partial charge in [0.1, 0.15) is 0 Å². The van der Waals surface area contributed by atoms with Crippen LogP contribution in [0.1, 0.15) is 24.6 Å². The minimum absolute atomic E-state index is 0.272. The molecular formula is C8H16N4O. The zero-order chi connectivity index (χ0) is 9.52. The van der Waals surface area contributed by atoms with Crippen molar-refractivity contribution < 1.29 is 4.74 Å². The molecule has 0 saturated heterocycles. The minimum Gasteiger partial charge on any atom is -0.385 e. The number of H-pyrrole nitrogens is 1. The Hall–Kier alpha value is -0.940. The van der Waals surface area contributed by atoms with Gasteiger partial charge in [0.25, 0.3) is 0 Å². The molecule has 74 valence electrons. The van der Waals surface area contributed by atoms with Crippen LogP contribution in [0.25, 0.3) is 0 Å². The number of aromatic nitrogens is 3. The topological polar surface area (TPSA) is 62.8 Å². The molecule has 0 fully saturated rings. The summed E-state index contributed by atoms with van der Waals surface area (Å²) in [4.78, 5) is 0. The molecule has 0 amide bonds. The number of hydrogen-bond acceptors (Lipinski definition) is 4. The summed E-state index contributed by atoms with van der Waals surface area (Å²) in [5, 5.41) is 13.6. The zero-order valence-corrected chi connectivity index (χ0v) is 8.08. The highest BCUT2D eigenvalue weighted by atomic mass is 16.5. The standard InChI is InChI=1S/C8H16N4O/c1-9-7(4-3-5-13-2)8-6-10-12-11-8/h6-7,9H,3-5H2,1-2H3,(H,10,11,12). The van der Waals surface area contributed by atoms with Crippen LogP contribution in [0.2, 0.25) is 0 Å². The van der Waals surface area contributed by atoms with E-state index in [1.165, 1.54) is 0 Å². The molecular weight excluding hydrogens is 168 g/mol. The SMILES string of the molecule is CNC(CCCOC)c1cn[nH]n1. The summed E-state index contributed by atoms with van der Waals surface area (Å²) >= 11 is 0. The molecule has 0 radical (unpaired) electrons. The van der Waals surface area contributed by atoms with Gasteiger partial charge in [-0.25, -0.2) is 0 Å². The van der Waals surface area contributed by atoms with Crippen molar-refractivity contribution in [3.63, 3.8) is 0 Å². The van der Waals surface area contributed by atoms with E-state index in [4.69, 9.17) is 4.74 Å². The molecule has 13 heavy (non-hydrogen) atoms. The van der Waals surface area contributed by atoms with Gasteiger partial charge in [0.05, 0.1) is 17.9 Å². The molecule has 1 unspecified atom stereocenters. The molecule has 0 spiro atoms. The van der Waals surface area contributed by atoms with Crippen LogP contribution in [0, 0.1) is 0 Å². The highest BCUT2D eigenvalue weighted by molar-refractivity contribution is 4.98. The lowest BCUT2D eigenvalue weighted by Gasteiger charge is -2.11. The van der Waals surface area contributed by atoms with E-state index in [1.807, 2.05) is 7.05 Å². The number of hydrogen-bond donors (Lipinski definition) is 2. The summed E-state index contributed by atoms with van der Waals surface area (Å²) in [6, 6.07) is 0.272. The van der Waals surface area contributed by atoms with Gasteiger partial charge in [0.2, 0.25) is 0 Å². The van der Waals surface area contributed by atoms with Gasteiger partial charge in [-0.15, -0.1) is 0 Å². The first kappa shape index (κ1) is 10.1. The first-order valence-electron chi connectivity index (χ1n) is 4.40. The Kier molecular flexibility index (Phi) is 4.42. The fourth-order valence-corrected chi connectivity index (χ4v) is 1.25. The smallest absolute Gasteiger partial charge is 0.0993 e. The first-order chi connectivity index (χ1) is 6.38. The minimum atomic E-state index is 0.272. The van der Waals surface area contributed by atoms with Gasteiger partial charge in [0, 0.05) is 13.7 Å². The normalized spacial score (nSPS) is 13.1. The van der Waals surface area contributed by atoms with Crippen LogP contribution in [0.4, 0.5) is 0 Å². The van der Waals surface area contributed by atoms with E-state index < -0.39 is 0 Å². The van der Waals surface area contributed by atoms with Crippen molar-refractivity contribution >= 4 is 0 Å². The number of aromatic amines is 1. The zero-order valence-electron chi connectivity index (χ0n) is 8.08. The number of rotatable bonds is 6. The summed E-state index contributed by atoms with van der Waals surface area (Å²) in [7, 11) is 3.64. The van der Waals surface area contributed by atoms with Gasteiger partial charge in [-0.1, -0.05) is 0 Å². The lowest BCUT2D eigenvalue weighted by Crippen LogP contribution is -2.17. The van der Waals surface area contributed by atoms with Crippen molar-refractivity contribution in [1.29, 1.82) is 0 Å². The van der Waals surface area contributed by atoms with E-state index in [2.05, 4.69) is 20.7 Å². The van der Waals surface area contributed by atoms with Gasteiger partial charge in [0.15, 0.2) is 0 Å². The molecule has 0 aliphatic carbocycles. The van der Waals surface area contributed by atoms with Crippen molar-refractivity contribution in [2.75, 3.05) is 20.8 Å². The highest BCUT2D eigenvalue weighted by Crippen LogP contribution is 2.13. The van der Waals surface area contributed by atoms with Crippen LogP contribution < -0.4 is 5.32 Å². The Morgan fingerprint density at radius 1 is 1.69 bits per heavy atom. The Morgan fingerprint density at radius 2 is 2.54 bits per heavy atom. The molecule has 2 N–H and O–H groups in total. The monoisotopic (exact) mass is 184 g/mol. The number of methoxy groups -OCH3 is 1. The Morgan fingerprint density at radius 3 is 3.08 bits per heavy atom. The summed E-state index contributed by atoms with van der Waals surface area (Å²) in [6.07, 6.45) is 3.78. The molecule has 0 saturated carbocycles. The molecule has 1 heterocycles. The maximum Gasteiger partial charge on any atom is 0.0993 e. The quantitative estimate of drug-likeness (QED) is 0.632. The van der Waals surface area contributed by atoms with Gasteiger partial charge in [-0.3, -0.25) is 0 Å². The fraction of sp³-hybridized carbons (Fsp3) is 0.750. The number of ether oxygens (including phenoxy) is 1. The van der Waals surface area contributed by atoms with Crippen LogP contribution in [-0.2, 0) is 4.74 Å². The average molecular weight is 184 g/mol. The number of nitrogens with zero attached hydrogens (tertiary/aromatic N) is 2. The third kappa shape index (κ3) is 3.12. The van der Waals surface area contributed by atoms with E-state index in [0.717, 1.165) is 25.1 Å². The Bertz CT molecular complexity index is 212. The molecule has 0 aromatic carbocycles. The predicted octanol–water partition coefficient (Wildman–Crippen LogP) is 0.492. The van der Waals surface area contributed by atoms with E-state index in [9.17, 15) is 0 Å². The molecule has 0 aliphatic heterocycles. The second-order valence-electron chi connectivity index (χ2n) is 2.87. The van der Waals surface area contributed by atoms with Crippen LogP contribution >= 0.6 is 0 Å². The summed E-state index contributed by atoms with van der Waals surface area (Å²) in [6.45, 7) is 0.788. The van der Waals surface area contributed by atoms with Gasteiger partial charge < -0.3 is 10.1 Å². The maximum absolute atomic E-state index is 4.98. The van der Waals surface area contributed by atoms with Crippen molar-refractivity contribution in [2.24, 2.45) is 0 Å². The summed E-state index contributed by atoms with van der Waals surface area (Å²) in [5.41, 5.74) is 0.957. The molecule has 1 atom stereocenters. The third-order valence-electron chi connectivity index (χ3n) is 1.98. The van der Waals surface area contributed by atoms with Crippen molar-refractivity contribution in [3.8, 4) is 0 Å². The van der Waals surface area contributed by atoms with Crippen LogP contribution in [0.15, 0.2) is 6.20 Å². The molecule has 1 aromatic heterocycles. The summed E-state index contributed by atoms with van der Waals surface area (Å²) < 4.78 is 4.98. The van der Waals surface area contributed by atoms with E-state index in [1.54, 1.807) is 13.3 Å². The summed E-state index contributed by atoms with van der Waals surface area (Å²) in [5.74, 6) is 0. The van der Waals surface area contributed by atoms with Gasteiger partial charge in [-0.2, -0.15) is 15.4 Å². The van der Waals surface area contributed by atoms with Crippen molar-refractivity contribution in [2.45, 2.75) is 18.9 Å². The Balaban J connectivity index is 2.35. The maximum atomic E-state index is 4.98. The highest BCUT2D eigenvalue weighted by Gasteiger charge is 2.10. The second kappa shape index (κ2) is 5.66. The Labute approximate surface area is 77.9 Å². The second-order valence-corrected chi connectivity index (χ2v) is 2.87. The fourth-order valence-electron chi connectivity index (χ4n) is 1.25. The van der Waals surface area contributed by atoms with Gasteiger partial charge >= 0.3 is 0 Å². The van der Waals surface area contributed by atoms with Gasteiger partial charge in [-0.05, 0) is 19.9 Å². The lowest BCUT2D eigenvalue weighted by molar-refractivity contribution is 0.189. The van der Waals surface area contributed by atoms with E-state index >= 15 is 0 Å². The molecule has 5 nitrogen and oxygen atoms in total. The predicted molar refractivity (Wildman–Crippen MR) is 49.3 cm³/mol. The van der Waals surface area contributed by atoms with E-state index in [0.29, 0.717) is 0 Å². The molecule has 5 heteroatoms. The number of nitrogens with one attached hydrogen (secondary N) is 2. The van der Waals surface area contributed by atoms with Crippen LogP contribution in [0.3, 0.4) is 0 Å². The average Bonchev–Trinajstić information content (AvgIpc) is 2.65. The molecule has 0 bridgehead atoms. The van der Waals surface area contributed by atoms with Crippen LogP contribution in [0.5, 0.6) is 0 Å². The van der Waals surface area contributed by atoms with Crippen molar-refractivity contribution in [3.05, 3.63) is 11.9 Å². The first-order valence-corrected chi connectivity index (χ1v) is 4.40. The van der Waals surface area contributed by atoms with E-state index in [-0.39, 0.29) is 6.04 Å². The van der Waals surface area contributed by atoms with Crippen LogP contribution in [-0.4, -0.2) is 36.2 Å². The van der Waals surface area contributed by atoms with Crippen molar-refractivity contribution in [1.82, 2.24) is 20.7 Å².